The number of carbonyl (C=O) groups excluding carboxylic acids is 1. The van der Waals surface area contributed by atoms with Crippen molar-refractivity contribution in [1.29, 1.82) is 0 Å². The van der Waals surface area contributed by atoms with Gasteiger partial charge in [0.2, 0.25) is 0 Å². The van der Waals surface area contributed by atoms with E-state index in [-0.39, 0.29) is 22.5 Å². The van der Waals surface area contributed by atoms with Gasteiger partial charge in [-0.3, -0.25) is 10.1 Å². The van der Waals surface area contributed by atoms with E-state index in [1.54, 1.807) is 29.9 Å². The van der Waals surface area contributed by atoms with Crippen LogP contribution >= 0.6 is 22.7 Å². The summed E-state index contributed by atoms with van der Waals surface area (Å²) in [5.74, 6) is -0.503. The van der Waals surface area contributed by atoms with Crippen molar-refractivity contribution in [2.24, 2.45) is 5.16 Å². The minimum Gasteiger partial charge on any atom is -0.388 e. The summed E-state index contributed by atoms with van der Waals surface area (Å²) in [6.07, 6.45) is 4.62. The summed E-state index contributed by atoms with van der Waals surface area (Å²) in [4.78, 5) is 26.4. The van der Waals surface area contributed by atoms with Crippen molar-refractivity contribution in [2.75, 3.05) is 5.32 Å². The molecule has 2 heterocycles. The van der Waals surface area contributed by atoms with Crippen LogP contribution in [0.2, 0.25) is 0 Å². The number of sulfone groups is 1. The second-order valence-electron chi connectivity index (χ2n) is 6.20. The first-order valence-electron chi connectivity index (χ1n) is 8.67. The molecule has 1 aliphatic carbocycles. The fourth-order valence-corrected chi connectivity index (χ4v) is 5.22. The molecule has 0 unspecified atom stereocenters. The molecule has 1 aliphatic rings. The summed E-state index contributed by atoms with van der Waals surface area (Å²) in [6.45, 7) is 0.125. The number of hydrogen-bond donors (Lipinski definition) is 1. The smallest absolute Gasteiger partial charge is 0.280 e. The van der Waals surface area contributed by atoms with Crippen LogP contribution in [0.25, 0.3) is 0 Å². The molecule has 4 rings (SSSR count). The summed E-state index contributed by atoms with van der Waals surface area (Å²) in [6, 6.07) is 6.11. The molecule has 1 saturated carbocycles. The molecule has 0 bridgehead atoms. The third-order valence-electron chi connectivity index (χ3n) is 4.11. The Hall–Kier alpha value is -2.63. The number of nitrogens with one attached hydrogen (secondary N) is 1. The molecule has 2 aromatic heterocycles. The third-order valence-corrected chi connectivity index (χ3v) is 7.83. The van der Waals surface area contributed by atoms with Crippen molar-refractivity contribution in [3.05, 3.63) is 58.0 Å². The number of anilines is 1. The van der Waals surface area contributed by atoms with Gasteiger partial charge < -0.3 is 4.84 Å². The van der Waals surface area contributed by atoms with E-state index in [2.05, 4.69) is 20.4 Å². The van der Waals surface area contributed by atoms with Crippen molar-refractivity contribution in [2.45, 2.75) is 29.6 Å². The van der Waals surface area contributed by atoms with Crippen LogP contribution in [0.1, 0.15) is 23.4 Å². The Morgan fingerprint density at radius 2 is 1.86 bits per heavy atom. The van der Waals surface area contributed by atoms with E-state index in [9.17, 15) is 13.2 Å². The zero-order valence-electron chi connectivity index (χ0n) is 15.0. The van der Waals surface area contributed by atoms with Crippen molar-refractivity contribution in [3.63, 3.8) is 0 Å². The largest absolute Gasteiger partial charge is 0.388 e. The van der Waals surface area contributed by atoms with Gasteiger partial charge in [-0.1, -0.05) is 17.3 Å². The van der Waals surface area contributed by atoms with Crippen LogP contribution in [0.15, 0.2) is 57.5 Å². The predicted molar refractivity (Wildman–Crippen MR) is 111 cm³/mol. The van der Waals surface area contributed by atoms with Gasteiger partial charge in [-0.2, -0.15) is 0 Å². The number of hydrogen-bond acceptors (Lipinski definition) is 9. The highest BCUT2D eigenvalue weighted by Crippen LogP contribution is 2.33. The molecule has 0 saturated heterocycles. The Bertz CT molecular complexity index is 1100. The molecule has 0 spiro atoms. The summed E-state index contributed by atoms with van der Waals surface area (Å²) in [5, 5.41) is 11.1. The zero-order chi connectivity index (χ0) is 20.3. The maximum atomic E-state index is 12.7. The zero-order valence-corrected chi connectivity index (χ0v) is 17.5. The monoisotopic (exact) mass is 448 g/mol. The quantitative estimate of drug-likeness (QED) is 0.419. The third kappa shape index (κ3) is 4.69. The molecule has 0 radical (unpaired) electrons. The number of nitrogens with zero attached hydrogens (tertiary/aromatic N) is 3. The molecular formula is C18H16N4O4S3. The Kier molecular flexibility index (Phi) is 5.69. The van der Waals surface area contributed by atoms with Gasteiger partial charge in [0.15, 0.2) is 27.3 Å². The SMILES string of the molecule is O=C(Nc1nccs1)C(=NOCc1nccs1)c1ccc(S(=O)(=O)C2CC2)cc1. The van der Waals surface area contributed by atoms with Gasteiger partial charge in [0.05, 0.1) is 10.1 Å². The average molecular weight is 449 g/mol. The Morgan fingerprint density at radius 3 is 2.48 bits per heavy atom. The average Bonchev–Trinajstić information content (AvgIpc) is 3.23. The van der Waals surface area contributed by atoms with E-state index in [0.29, 0.717) is 23.5 Å². The van der Waals surface area contributed by atoms with Crippen LogP contribution in [0.5, 0.6) is 0 Å². The lowest BCUT2D eigenvalue weighted by atomic mass is 10.1. The second-order valence-corrected chi connectivity index (χ2v) is 10.3. The van der Waals surface area contributed by atoms with E-state index in [1.807, 2.05) is 5.38 Å². The lowest BCUT2D eigenvalue weighted by Crippen LogP contribution is -2.24. The molecule has 1 fully saturated rings. The number of oxime groups is 1. The molecule has 11 heteroatoms. The fourth-order valence-electron chi connectivity index (χ4n) is 2.52. The van der Waals surface area contributed by atoms with E-state index >= 15 is 0 Å². The van der Waals surface area contributed by atoms with E-state index in [0.717, 1.165) is 5.01 Å². The van der Waals surface area contributed by atoms with Crippen LogP contribution in [0.3, 0.4) is 0 Å². The van der Waals surface area contributed by atoms with Crippen molar-refractivity contribution in [3.8, 4) is 0 Å². The van der Waals surface area contributed by atoms with Crippen molar-refractivity contribution in [1.82, 2.24) is 9.97 Å². The Morgan fingerprint density at radius 1 is 1.14 bits per heavy atom. The van der Waals surface area contributed by atoms with Crippen LogP contribution in [0, 0.1) is 0 Å². The van der Waals surface area contributed by atoms with Gasteiger partial charge in [0, 0.05) is 28.7 Å². The second kappa shape index (κ2) is 8.39. The molecular weight excluding hydrogens is 432 g/mol. The highest BCUT2D eigenvalue weighted by atomic mass is 32.2. The van der Waals surface area contributed by atoms with Gasteiger partial charge in [-0.15, -0.1) is 22.7 Å². The number of aromatic nitrogens is 2. The summed E-state index contributed by atoms with van der Waals surface area (Å²) >= 11 is 2.69. The molecule has 3 aromatic rings. The summed E-state index contributed by atoms with van der Waals surface area (Å²) < 4.78 is 24.8. The molecule has 1 aromatic carbocycles. The standard InChI is InChI=1S/C18H16N4O4S3/c23-17(21-18-20-8-10-28-18)16(22-26-11-15-19-7-9-27-15)12-1-3-13(4-2-12)29(24,25)14-5-6-14/h1-4,7-10,14H,5-6,11H2,(H,20,21,23). The van der Waals surface area contributed by atoms with Gasteiger partial charge in [-0.05, 0) is 25.0 Å². The summed E-state index contributed by atoms with van der Waals surface area (Å²) in [5.41, 5.74) is 0.458. The molecule has 1 amide bonds. The van der Waals surface area contributed by atoms with Crippen LogP contribution in [-0.2, 0) is 26.1 Å². The highest BCUT2D eigenvalue weighted by Gasteiger charge is 2.36. The Balaban J connectivity index is 1.57. The minimum atomic E-state index is -3.30. The maximum absolute atomic E-state index is 12.7. The lowest BCUT2D eigenvalue weighted by Gasteiger charge is -2.08. The number of thiazole rings is 2. The number of benzene rings is 1. The number of rotatable bonds is 8. The van der Waals surface area contributed by atoms with E-state index in [1.165, 1.54) is 34.8 Å². The molecule has 8 nitrogen and oxygen atoms in total. The summed E-state index contributed by atoms with van der Waals surface area (Å²) in [7, 11) is -3.30. The first-order chi connectivity index (χ1) is 14.0. The number of amides is 1. The highest BCUT2D eigenvalue weighted by molar-refractivity contribution is 7.92. The van der Waals surface area contributed by atoms with Crippen LogP contribution < -0.4 is 5.32 Å². The molecule has 0 aliphatic heterocycles. The fraction of sp³-hybridized carbons (Fsp3) is 0.222. The molecule has 150 valence electrons. The molecule has 1 N–H and O–H groups in total. The van der Waals surface area contributed by atoms with Crippen molar-refractivity contribution >= 4 is 49.3 Å². The normalized spacial score (nSPS) is 14.6. The van der Waals surface area contributed by atoms with Gasteiger partial charge in [-0.25, -0.2) is 18.4 Å². The van der Waals surface area contributed by atoms with Gasteiger partial charge in [0.25, 0.3) is 5.91 Å². The first kappa shape index (κ1) is 19.7. The first-order valence-corrected chi connectivity index (χ1v) is 12.0. The number of carbonyl (C=O) groups is 1. The van der Waals surface area contributed by atoms with Gasteiger partial charge >= 0.3 is 0 Å². The predicted octanol–water partition coefficient (Wildman–Crippen LogP) is 3.10. The van der Waals surface area contributed by atoms with Crippen molar-refractivity contribution < 1.29 is 18.0 Å². The Labute approximate surface area is 175 Å². The van der Waals surface area contributed by atoms with E-state index < -0.39 is 15.7 Å². The topological polar surface area (TPSA) is 111 Å². The minimum absolute atomic E-state index is 0.0205. The molecule has 0 atom stereocenters. The maximum Gasteiger partial charge on any atom is 0.280 e. The van der Waals surface area contributed by atoms with Gasteiger partial charge in [0.1, 0.15) is 5.01 Å². The van der Waals surface area contributed by atoms with Crippen LogP contribution in [-0.4, -0.2) is 35.3 Å². The van der Waals surface area contributed by atoms with Crippen LogP contribution in [0.4, 0.5) is 5.13 Å². The van der Waals surface area contributed by atoms with E-state index in [4.69, 9.17) is 4.84 Å². The molecule has 29 heavy (non-hydrogen) atoms. The lowest BCUT2D eigenvalue weighted by molar-refractivity contribution is -0.110.